The van der Waals surface area contributed by atoms with E-state index in [-0.39, 0.29) is 12.0 Å². The summed E-state index contributed by atoms with van der Waals surface area (Å²) in [7, 11) is 0. The maximum atomic E-state index is 11.3. The van der Waals surface area contributed by atoms with Crippen molar-refractivity contribution in [2.75, 3.05) is 5.32 Å². The highest BCUT2D eigenvalue weighted by atomic mass is 35.5. The molecule has 2 N–H and O–H groups in total. The Labute approximate surface area is 149 Å². The normalized spacial score (nSPS) is 24.2. The third kappa shape index (κ3) is 2.48. The smallest absolute Gasteiger partial charge is 0.335 e. The van der Waals surface area contributed by atoms with E-state index < -0.39 is 5.97 Å². The molecule has 0 unspecified atom stereocenters. The number of aromatic carboxylic acids is 1. The van der Waals surface area contributed by atoms with Crippen LogP contribution in [0.2, 0.25) is 10.0 Å². The summed E-state index contributed by atoms with van der Waals surface area (Å²) in [5.74, 6) is -0.406. The summed E-state index contributed by atoms with van der Waals surface area (Å²) in [6, 6.07) is 10.9. The molecule has 0 amide bonds. The number of hydrogen-bond acceptors (Lipinski definition) is 2. The van der Waals surface area contributed by atoms with Crippen molar-refractivity contribution in [2.24, 2.45) is 5.92 Å². The van der Waals surface area contributed by atoms with Crippen LogP contribution in [0.15, 0.2) is 48.6 Å². The van der Waals surface area contributed by atoms with Crippen LogP contribution in [0.3, 0.4) is 0 Å². The van der Waals surface area contributed by atoms with Gasteiger partial charge in [-0.3, -0.25) is 0 Å². The minimum Gasteiger partial charge on any atom is -0.478 e. The molecular formula is C19H15Cl2NO2. The van der Waals surface area contributed by atoms with Gasteiger partial charge in [0.15, 0.2) is 0 Å². The Morgan fingerprint density at radius 3 is 2.71 bits per heavy atom. The molecular weight excluding hydrogens is 345 g/mol. The minimum atomic E-state index is -0.904. The lowest BCUT2D eigenvalue weighted by Crippen LogP contribution is -2.29. The van der Waals surface area contributed by atoms with Crippen molar-refractivity contribution >= 4 is 34.9 Å². The van der Waals surface area contributed by atoms with Crippen LogP contribution < -0.4 is 5.32 Å². The van der Waals surface area contributed by atoms with Gasteiger partial charge in [-0.25, -0.2) is 4.79 Å². The molecule has 0 fully saturated rings. The molecule has 2 aromatic carbocycles. The third-order valence-corrected chi connectivity index (χ3v) is 5.47. The molecule has 0 radical (unpaired) electrons. The van der Waals surface area contributed by atoms with Gasteiger partial charge in [0.25, 0.3) is 0 Å². The van der Waals surface area contributed by atoms with Crippen molar-refractivity contribution in [3.8, 4) is 0 Å². The van der Waals surface area contributed by atoms with Crippen LogP contribution in [0.5, 0.6) is 0 Å². The summed E-state index contributed by atoms with van der Waals surface area (Å²) in [6.45, 7) is 0. The van der Waals surface area contributed by atoms with E-state index in [0.717, 1.165) is 23.2 Å². The number of anilines is 1. The lowest BCUT2D eigenvalue weighted by molar-refractivity contribution is 0.0696. The fourth-order valence-corrected chi connectivity index (χ4v) is 4.32. The Bertz CT molecular complexity index is 862. The van der Waals surface area contributed by atoms with Gasteiger partial charge in [-0.2, -0.15) is 0 Å². The fourth-order valence-electron chi connectivity index (χ4n) is 3.79. The van der Waals surface area contributed by atoms with Crippen LogP contribution in [-0.2, 0) is 0 Å². The van der Waals surface area contributed by atoms with Gasteiger partial charge in [-0.05, 0) is 53.8 Å². The molecule has 0 spiro atoms. The van der Waals surface area contributed by atoms with Gasteiger partial charge < -0.3 is 10.4 Å². The van der Waals surface area contributed by atoms with E-state index in [9.17, 15) is 9.90 Å². The fraction of sp³-hybridized carbons (Fsp3) is 0.211. The summed E-state index contributed by atoms with van der Waals surface area (Å²) in [5, 5.41) is 14.1. The lowest BCUT2D eigenvalue weighted by atomic mass is 9.76. The second kappa shape index (κ2) is 5.83. The number of nitrogens with one attached hydrogen (secondary N) is 1. The maximum absolute atomic E-state index is 11.3. The first kappa shape index (κ1) is 15.6. The van der Waals surface area contributed by atoms with Crippen LogP contribution in [0.1, 0.15) is 39.9 Å². The molecule has 1 heterocycles. The van der Waals surface area contributed by atoms with Crippen molar-refractivity contribution in [3.05, 3.63) is 75.3 Å². The zero-order valence-electron chi connectivity index (χ0n) is 12.7. The Hall–Kier alpha value is -1.97. The van der Waals surface area contributed by atoms with E-state index in [2.05, 4.69) is 17.5 Å². The van der Waals surface area contributed by atoms with Crippen LogP contribution in [0.4, 0.5) is 5.69 Å². The monoisotopic (exact) mass is 359 g/mol. The van der Waals surface area contributed by atoms with E-state index in [0.29, 0.717) is 21.5 Å². The van der Waals surface area contributed by atoms with E-state index in [1.54, 1.807) is 18.2 Å². The summed E-state index contributed by atoms with van der Waals surface area (Å²) >= 11 is 12.4. The highest BCUT2D eigenvalue weighted by Gasteiger charge is 2.38. The van der Waals surface area contributed by atoms with E-state index in [1.807, 2.05) is 18.2 Å². The quantitative estimate of drug-likeness (QED) is 0.694. The number of carbonyl (C=O) groups is 1. The zero-order valence-corrected chi connectivity index (χ0v) is 14.2. The van der Waals surface area contributed by atoms with E-state index >= 15 is 0 Å². The van der Waals surface area contributed by atoms with Gasteiger partial charge in [0.05, 0.1) is 11.6 Å². The molecule has 122 valence electrons. The molecule has 2 aliphatic rings. The van der Waals surface area contributed by atoms with Crippen molar-refractivity contribution in [1.29, 1.82) is 0 Å². The molecule has 0 saturated heterocycles. The molecule has 0 bridgehead atoms. The standard InChI is InChI=1S/C19H15Cl2NO2/c20-11-5-6-14(16(21)9-11)18-13-3-1-2-12(13)15-8-10(19(23)24)4-7-17(15)22-18/h1-2,4-9,12-13,18,22H,3H2,(H,23,24)/t12-,13+,18-/m1/s1. The summed E-state index contributed by atoms with van der Waals surface area (Å²) in [6.07, 6.45) is 5.27. The average Bonchev–Trinajstić information content (AvgIpc) is 3.04. The predicted molar refractivity (Wildman–Crippen MR) is 96.2 cm³/mol. The molecule has 2 aromatic rings. The molecule has 5 heteroatoms. The Balaban J connectivity index is 1.79. The third-order valence-electron chi connectivity index (χ3n) is 4.91. The zero-order chi connectivity index (χ0) is 16.8. The number of fused-ring (bicyclic) bond motifs is 3. The number of carboxylic acid groups (broad SMARTS) is 1. The Kier molecular flexibility index (Phi) is 3.78. The largest absolute Gasteiger partial charge is 0.478 e. The minimum absolute atomic E-state index is 0.0675. The lowest BCUT2D eigenvalue weighted by Gasteiger charge is -2.38. The second-order valence-corrected chi connectivity index (χ2v) is 7.09. The highest BCUT2D eigenvalue weighted by Crippen LogP contribution is 2.51. The number of allylic oxidation sites excluding steroid dienone is 2. The van der Waals surface area contributed by atoms with Crippen LogP contribution in [-0.4, -0.2) is 11.1 Å². The summed E-state index contributed by atoms with van der Waals surface area (Å²) in [5.41, 5.74) is 3.34. The highest BCUT2D eigenvalue weighted by molar-refractivity contribution is 6.35. The van der Waals surface area contributed by atoms with Gasteiger partial charge in [0.1, 0.15) is 0 Å². The van der Waals surface area contributed by atoms with E-state index in [1.165, 1.54) is 0 Å². The van der Waals surface area contributed by atoms with Crippen LogP contribution in [0.25, 0.3) is 0 Å². The molecule has 4 rings (SSSR count). The number of rotatable bonds is 2. The van der Waals surface area contributed by atoms with Crippen LogP contribution >= 0.6 is 23.2 Å². The number of benzene rings is 2. The number of halogens is 2. The molecule has 24 heavy (non-hydrogen) atoms. The number of carboxylic acids is 1. The summed E-state index contributed by atoms with van der Waals surface area (Å²) in [4.78, 5) is 11.3. The van der Waals surface area contributed by atoms with Crippen molar-refractivity contribution in [1.82, 2.24) is 0 Å². The van der Waals surface area contributed by atoms with Gasteiger partial charge in [0.2, 0.25) is 0 Å². The Morgan fingerprint density at radius 2 is 1.96 bits per heavy atom. The van der Waals surface area contributed by atoms with E-state index in [4.69, 9.17) is 23.2 Å². The van der Waals surface area contributed by atoms with Gasteiger partial charge in [0, 0.05) is 21.7 Å². The second-order valence-electron chi connectivity index (χ2n) is 6.25. The molecule has 1 aliphatic heterocycles. The maximum Gasteiger partial charge on any atom is 0.335 e. The van der Waals surface area contributed by atoms with Gasteiger partial charge in [-0.1, -0.05) is 41.4 Å². The molecule has 0 aromatic heterocycles. The first-order chi connectivity index (χ1) is 11.5. The molecule has 0 saturated carbocycles. The first-order valence-corrected chi connectivity index (χ1v) is 8.55. The molecule has 3 atom stereocenters. The molecule has 3 nitrogen and oxygen atoms in total. The summed E-state index contributed by atoms with van der Waals surface area (Å²) < 4.78 is 0. The van der Waals surface area contributed by atoms with Crippen molar-refractivity contribution < 1.29 is 9.90 Å². The topological polar surface area (TPSA) is 49.3 Å². The van der Waals surface area contributed by atoms with Crippen molar-refractivity contribution in [3.63, 3.8) is 0 Å². The first-order valence-electron chi connectivity index (χ1n) is 7.80. The van der Waals surface area contributed by atoms with Gasteiger partial charge >= 0.3 is 5.97 Å². The van der Waals surface area contributed by atoms with Gasteiger partial charge in [-0.15, -0.1) is 0 Å². The molecule has 1 aliphatic carbocycles. The van der Waals surface area contributed by atoms with Crippen molar-refractivity contribution in [2.45, 2.75) is 18.4 Å². The Morgan fingerprint density at radius 1 is 1.12 bits per heavy atom. The average molecular weight is 360 g/mol. The predicted octanol–water partition coefficient (Wildman–Crippen LogP) is 5.52. The number of hydrogen-bond donors (Lipinski definition) is 2. The SMILES string of the molecule is O=C(O)c1ccc2c(c1)[C@@H]1C=CC[C@@H]1[C@H](c1ccc(Cl)cc1Cl)N2. The van der Waals surface area contributed by atoms with Crippen LogP contribution in [0, 0.1) is 5.92 Å².